The maximum Gasteiger partial charge on any atom is 0.257 e. The molecule has 0 spiro atoms. The van der Waals surface area contributed by atoms with Crippen molar-refractivity contribution in [3.8, 4) is 5.75 Å². The first-order chi connectivity index (χ1) is 9.72. The van der Waals surface area contributed by atoms with Gasteiger partial charge in [0.1, 0.15) is 12.4 Å². The number of rotatable bonds is 6. The fraction of sp³-hybridized carbons (Fsp3) is 0.562. The number of benzene rings is 1. The van der Waals surface area contributed by atoms with Crippen molar-refractivity contribution < 1.29 is 9.53 Å². The number of nitrogens with one attached hydrogen (secondary N) is 1. The third kappa shape index (κ3) is 3.73. The van der Waals surface area contributed by atoms with Gasteiger partial charge >= 0.3 is 0 Å². The van der Waals surface area contributed by atoms with Gasteiger partial charge < -0.3 is 15.0 Å². The van der Waals surface area contributed by atoms with Crippen molar-refractivity contribution in [2.75, 3.05) is 26.2 Å². The molecule has 4 heteroatoms. The predicted octanol–water partition coefficient (Wildman–Crippen LogP) is 2.30. The Balaban J connectivity index is 1.91. The maximum atomic E-state index is 12.5. The van der Waals surface area contributed by atoms with Crippen molar-refractivity contribution in [1.29, 1.82) is 0 Å². The summed E-state index contributed by atoms with van der Waals surface area (Å²) < 4.78 is 5.64. The number of carbonyl (C=O) groups excluding carboxylic acids is 1. The summed E-state index contributed by atoms with van der Waals surface area (Å²) in [5.74, 6) is 0.801. The van der Waals surface area contributed by atoms with Crippen LogP contribution >= 0.6 is 0 Å². The highest BCUT2D eigenvalue weighted by Crippen LogP contribution is 2.22. The predicted molar refractivity (Wildman–Crippen MR) is 80.2 cm³/mol. The molecule has 2 rings (SSSR count). The van der Waals surface area contributed by atoms with Crippen LogP contribution in [0.15, 0.2) is 24.3 Å². The highest BCUT2D eigenvalue weighted by Gasteiger charge is 2.22. The number of ether oxygens (including phenoxy) is 1. The minimum absolute atomic E-state index is 0.0919. The largest absolute Gasteiger partial charge is 0.491 e. The summed E-state index contributed by atoms with van der Waals surface area (Å²) in [7, 11) is 0. The molecule has 1 aliphatic heterocycles. The second kappa shape index (κ2) is 7.29. The van der Waals surface area contributed by atoms with Gasteiger partial charge in [-0.1, -0.05) is 19.1 Å². The van der Waals surface area contributed by atoms with Crippen LogP contribution in [0, 0.1) is 0 Å². The first-order valence-electron chi connectivity index (χ1n) is 7.47. The molecule has 0 saturated heterocycles. The Morgan fingerprint density at radius 3 is 3.00 bits per heavy atom. The molecule has 1 N–H and O–H groups in total. The van der Waals surface area contributed by atoms with Crippen molar-refractivity contribution in [1.82, 2.24) is 10.2 Å². The second-order valence-electron chi connectivity index (χ2n) is 5.24. The zero-order valence-corrected chi connectivity index (χ0v) is 12.4. The molecule has 0 radical (unpaired) electrons. The van der Waals surface area contributed by atoms with Gasteiger partial charge in [0.05, 0.1) is 12.1 Å². The summed E-state index contributed by atoms with van der Waals surface area (Å²) >= 11 is 0. The molecule has 0 fully saturated rings. The molecule has 0 saturated carbocycles. The van der Waals surface area contributed by atoms with Crippen LogP contribution in [0.5, 0.6) is 5.75 Å². The van der Waals surface area contributed by atoms with Crippen LogP contribution in [-0.4, -0.2) is 43.1 Å². The van der Waals surface area contributed by atoms with E-state index >= 15 is 0 Å². The van der Waals surface area contributed by atoms with E-state index in [4.69, 9.17) is 4.74 Å². The first kappa shape index (κ1) is 14.9. The minimum Gasteiger partial charge on any atom is -0.491 e. The van der Waals surface area contributed by atoms with E-state index in [2.05, 4.69) is 19.2 Å². The van der Waals surface area contributed by atoms with Crippen LogP contribution in [0.2, 0.25) is 0 Å². The number of hydrogen-bond acceptors (Lipinski definition) is 3. The lowest BCUT2D eigenvalue weighted by atomic mass is 10.1. The normalized spacial score (nSPS) is 16.3. The fourth-order valence-electron chi connectivity index (χ4n) is 2.56. The Morgan fingerprint density at radius 2 is 2.20 bits per heavy atom. The summed E-state index contributed by atoms with van der Waals surface area (Å²) in [6, 6.07) is 8.00. The van der Waals surface area contributed by atoms with Gasteiger partial charge in [-0.3, -0.25) is 4.79 Å². The average molecular weight is 276 g/mol. The molecule has 110 valence electrons. The highest BCUT2D eigenvalue weighted by molar-refractivity contribution is 5.97. The topological polar surface area (TPSA) is 41.6 Å². The molecule has 1 amide bonds. The summed E-state index contributed by atoms with van der Waals surface area (Å²) in [5.41, 5.74) is 0.685. The molecule has 0 aromatic heterocycles. The van der Waals surface area contributed by atoms with Crippen molar-refractivity contribution in [3.05, 3.63) is 29.8 Å². The minimum atomic E-state index is 0.0919. The Bertz CT molecular complexity index is 448. The van der Waals surface area contributed by atoms with Gasteiger partial charge in [0.2, 0.25) is 0 Å². The van der Waals surface area contributed by atoms with Gasteiger partial charge in [0, 0.05) is 12.6 Å². The average Bonchev–Trinajstić information content (AvgIpc) is 2.60. The van der Waals surface area contributed by atoms with Crippen molar-refractivity contribution in [3.63, 3.8) is 0 Å². The van der Waals surface area contributed by atoms with Crippen LogP contribution in [0.25, 0.3) is 0 Å². The second-order valence-corrected chi connectivity index (χ2v) is 5.24. The Kier molecular flexibility index (Phi) is 5.41. The Labute approximate surface area is 121 Å². The molecule has 0 aliphatic carbocycles. The zero-order chi connectivity index (χ0) is 14.4. The number of amides is 1. The number of nitrogens with zero attached hydrogens (tertiary/aromatic N) is 1. The molecule has 20 heavy (non-hydrogen) atoms. The van der Waals surface area contributed by atoms with Crippen LogP contribution in [-0.2, 0) is 0 Å². The van der Waals surface area contributed by atoms with Crippen LogP contribution < -0.4 is 10.1 Å². The van der Waals surface area contributed by atoms with E-state index in [1.165, 1.54) is 0 Å². The fourth-order valence-corrected chi connectivity index (χ4v) is 2.56. The van der Waals surface area contributed by atoms with Gasteiger partial charge in [0.15, 0.2) is 0 Å². The number of fused-ring (bicyclic) bond motifs is 1. The van der Waals surface area contributed by atoms with Gasteiger partial charge in [-0.05, 0) is 38.4 Å². The third-order valence-electron chi connectivity index (χ3n) is 3.64. The standard InChI is InChI=1S/C16H24N2O2/c1-3-17-13(2)7-6-10-18-11-12-20-15-9-5-4-8-14(15)16(18)19/h4-5,8-9,13,17H,3,6-7,10-12H2,1-2H3. The van der Waals surface area contributed by atoms with Crippen molar-refractivity contribution in [2.24, 2.45) is 0 Å². The molecule has 1 heterocycles. The summed E-state index contributed by atoms with van der Waals surface area (Å²) in [6.07, 6.45) is 2.10. The van der Waals surface area contributed by atoms with E-state index in [1.54, 1.807) is 0 Å². The lowest BCUT2D eigenvalue weighted by molar-refractivity contribution is 0.0751. The summed E-state index contributed by atoms with van der Waals surface area (Å²) in [6.45, 7) is 7.33. The van der Waals surface area contributed by atoms with E-state index in [9.17, 15) is 4.79 Å². The SMILES string of the molecule is CCNC(C)CCCN1CCOc2ccccc2C1=O. The monoisotopic (exact) mass is 276 g/mol. The molecule has 1 aromatic carbocycles. The van der Waals surface area contributed by atoms with E-state index < -0.39 is 0 Å². The van der Waals surface area contributed by atoms with Crippen molar-refractivity contribution in [2.45, 2.75) is 32.7 Å². The van der Waals surface area contributed by atoms with E-state index in [1.807, 2.05) is 29.2 Å². The molecule has 1 atom stereocenters. The first-order valence-corrected chi connectivity index (χ1v) is 7.47. The summed E-state index contributed by atoms with van der Waals surface area (Å²) in [5, 5.41) is 3.39. The zero-order valence-electron chi connectivity index (χ0n) is 12.4. The number of hydrogen-bond donors (Lipinski definition) is 1. The van der Waals surface area contributed by atoms with Gasteiger partial charge in [0.25, 0.3) is 5.91 Å². The molecule has 4 nitrogen and oxygen atoms in total. The van der Waals surface area contributed by atoms with Crippen molar-refractivity contribution >= 4 is 5.91 Å². The summed E-state index contributed by atoms with van der Waals surface area (Å²) in [4.78, 5) is 14.4. The Morgan fingerprint density at radius 1 is 1.40 bits per heavy atom. The van der Waals surface area contributed by atoms with Gasteiger partial charge in [-0.25, -0.2) is 0 Å². The number of carbonyl (C=O) groups is 1. The third-order valence-corrected chi connectivity index (χ3v) is 3.64. The molecule has 1 aromatic rings. The van der Waals surface area contributed by atoms with Gasteiger partial charge in [-0.2, -0.15) is 0 Å². The lowest BCUT2D eigenvalue weighted by Crippen LogP contribution is -2.34. The lowest BCUT2D eigenvalue weighted by Gasteiger charge is -2.21. The molecule has 1 unspecified atom stereocenters. The number of para-hydroxylation sites is 1. The highest BCUT2D eigenvalue weighted by atomic mass is 16.5. The van der Waals surface area contributed by atoms with E-state index in [-0.39, 0.29) is 5.91 Å². The molecule has 0 bridgehead atoms. The Hall–Kier alpha value is -1.55. The van der Waals surface area contributed by atoms with Crippen LogP contribution in [0.4, 0.5) is 0 Å². The smallest absolute Gasteiger partial charge is 0.257 e. The molecular formula is C16H24N2O2. The van der Waals surface area contributed by atoms with Crippen LogP contribution in [0.3, 0.4) is 0 Å². The van der Waals surface area contributed by atoms with E-state index in [0.29, 0.717) is 30.5 Å². The quantitative estimate of drug-likeness (QED) is 0.867. The maximum absolute atomic E-state index is 12.5. The van der Waals surface area contributed by atoms with E-state index in [0.717, 1.165) is 25.9 Å². The van der Waals surface area contributed by atoms with Gasteiger partial charge in [-0.15, -0.1) is 0 Å². The molecular weight excluding hydrogens is 252 g/mol. The van der Waals surface area contributed by atoms with Crippen LogP contribution in [0.1, 0.15) is 37.0 Å². The molecule has 1 aliphatic rings.